The molecule has 1 nitrogen and oxygen atoms in total. The van der Waals surface area contributed by atoms with Crippen LogP contribution in [0.4, 0.5) is 0 Å². The second kappa shape index (κ2) is 6.34. The summed E-state index contributed by atoms with van der Waals surface area (Å²) in [5.41, 5.74) is 12.5. The molecule has 0 amide bonds. The Balaban J connectivity index is 2.06. The molecule has 0 saturated heterocycles. The van der Waals surface area contributed by atoms with Gasteiger partial charge in [0.15, 0.2) is 6.20 Å². The number of pyridine rings is 1. The number of aryl methyl sites for hydroxylation is 3. The smallest absolute Gasteiger partial charge is 0.200 e. The van der Waals surface area contributed by atoms with Gasteiger partial charge in [-0.15, -0.1) is 0 Å². The summed E-state index contributed by atoms with van der Waals surface area (Å²) in [6.07, 6.45) is 3.35. The molecule has 0 unspecified atom stereocenters. The largest absolute Gasteiger partial charge is 0.221 e. The predicted octanol–water partition coefficient (Wildman–Crippen LogP) is 6.08. The Bertz CT molecular complexity index is 1110. The van der Waals surface area contributed by atoms with E-state index in [0.29, 0.717) is 5.92 Å². The molecule has 1 aliphatic rings. The fourth-order valence-corrected chi connectivity index (χ4v) is 4.69. The minimum atomic E-state index is 0.667. The molecule has 2 aromatic carbocycles. The van der Waals surface area contributed by atoms with Gasteiger partial charge in [0.05, 0.1) is 11.0 Å². The number of nitrogens with zero attached hydrogens (tertiary/aromatic N) is 1. The molecular formula is C26H30N+. The molecule has 3 aromatic rings. The van der Waals surface area contributed by atoms with Gasteiger partial charge in [-0.1, -0.05) is 43.7 Å². The maximum absolute atomic E-state index is 2.44. The zero-order chi connectivity index (χ0) is 19.5. The Kier molecular flexibility index (Phi) is 4.22. The summed E-state index contributed by atoms with van der Waals surface area (Å²) in [6.45, 7) is 13.6. The molecule has 0 radical (unpaired) electrons. The van der Waals surface area contributed by atoms with Crippen molar-refractivity contribution in [1.29, 1.82) is 0 Å². The van der Waals surface area contributed by atoms with Crippen LogP contribution in [0.3, 0.4) is 0 Å². The highest BCUT2D eigenvalue weighted by molar-refractivity contribution is 6.15. The molecule has 0 fully saturated rings. The normalized spacial score (nSPS) is 13.3. The molecule has 138 valence electrons. The van der Waals surface area contributed by atoms with Gasteiger partial charge < -0.3 is 0 Å². The predicted molar refractivity (Wildman–Crippen MR) is 116 cm³/mol. The van der Waals surface area contributed by atoms with Crippen molar-refractivity contribution < 1.29 is 4.57 Å². The molecule has 1 heterocycles. The van der Waals surface area contributed by atoms with E-state index in [1.165, 1.54) is 61.0 Å². The van der Waals surface area contributed by atoms with Crippen molar-refractivity contribution in [1.82, 2.24) is 0 Å². The highest BCUT2D eigenvalue weighted by Crippen LogP contribution is 2.45. The van der Waals surface area contributed by atoms with Gasteiger partial charge in [0.1, 0.15) is 7.05 Å². The average Bonchev–Trinajstić information content (AvgIpc) is 2.88. The van der Waals surface area contributed by atoms with Crippen LogP contribution in [0, 0.1) is 26.7 Å². The molecule has 0 aliphatic heterocycles. The molecule has 27 heavy (non-hydrogen) atoms. The van der Waals surface area contributed by atoms with Crippen molar-refractivity contribution in [2.24, 2.45) is 13.0 Å². The third-order valence-corrected chi connectivity index (χ3v) is 6.04. The summed E-state index contributed by atoms with van der Waals surface area (Å²) in [5.74, 6) is 0.667. The molecule has 0 saturated carbocycles. The zero-order valence-corrected chi connectivity index (χ0v) is 17.7. The lowest BCUT2D eigenvalue weighted by atomic mass is 9.91. The molecule has 0 spiro atoms. The third-order valence-electron chi connectivity index (χ3n) is 6.04. The number of allylic oxidation sites excluding steroid dienone is 1. The van der Waals surface area contributed by atoms with E-state index in [2.05, 4.69) is 89.7 Å². The van der Waals surface area contributed by atoms with Gasteiger partial charge in [-0.2, -0.15) is 0 Å². The first-order valence-electron chi connectivity index (χ1n) is 10.0. The second-order valence-electron chi connectivity index (χ2n) is 8.74. The van der Waals surface area contributed by atoms with E-state index in [1.807, 2.05) is 0 Å². The Morgan fingerprint density at radius 1 is 0.926 bits per heavy atom. The van der Waals surface area contributed by atoms with Crippen LogP contribution >= 0.6 is 0 Å². The topological polar surface area (TPSA) is 3.88 Å². The Hall–Kier alpha value is -2.41. The van der Waals surface area contributed by atoms with Gasteiger partial charge in [-0.05, 0) is 78.8 Å². The SMILES string of the molecule is CC1=C(c2cc(C)cc(C)c2C)c2c3c1cc(CC(C)C)cc3cc[n+]2C. The minimum absolute atomic E-state index is 0.667. The van der Waals surface area contributed by atoms with Crippen LogP contribution in [0.25, 0.3) is 21.9 Å². The minimum Gasteiger partial charge on any atom is -0.200 e. The Morgan fingerprint density at radius 2 is 1.67 bits per heavy atom. The van der Waals surface area contributed by atoms with E-state index >= 15 is 0 Å². The Labute approximate surface area is 163 Å². The number of aromatic nitrogens is 1. The standard InChI is InChI=1S/C26H30N/c1-15(2)10-20-13-21-8-9-27(7)26-24(19(6)23(14-20)25(21)26)22-12-16(3)11-17(4)18(22)5/h8-9,11-15H,10H2,1-7H3/q+1. The summed E-state index contributed by atoms with van der Waals surface area (Å²) in [7, 11) is 2.18. The highest BCUT2D eigenvalue weighted by Gasteiger charge is 2.31. The quantitative estimate of drug-likeness (QED) is 0.501. The van der Waals surface area contributed by atoms with Crippen LogP contribution < -0.4 is 4.57 Å². The van der Waals surface area contributed by atoms with Crippen LogP contribution in [0.2, 0.25) is 0 Å². The second-order valence-corrected chi connectivity index (χ2v) is 8.74. The number of hydrogen-bond acceptors (Lipinski definition) is 0. The van der Waals surface area contributed by atoms with E-state index in [4.69, 9.17) is 0 Å². The van der Waals surface area contributed by atoms with Crippen LogP contribution in [0.15, 0.2) is 36.5 Å². The third kappa shape index (κ3) is 2.81. The molecule has 0 atom stereocenters. The van der Waals surface area contributed by atoms with Crippen LogP contribution in [0.5, 0.6) is 0 Å². The fraction of sp³-hybridized carbons (Fsp3) is 0.346. The lowest BCUT2D eigenvalue weighted by Gasteiger charge is -2.13. The molecule has 1 aromatic heterocycles. The summed E-state index contributed by atoms with van der Waals surface area (Å²) < 4.78 is 2.30. The van der Waals surface area contributed by atoms with Gasteiger partial charge in [-0.25, -0.2) is 4.57 Å². The summed E-state index contributed by atoms with van der Waals surface area (Å²) in [5, 5.41) is 2.78. The maximum atomic E-state index is 2.44. The number of rotatable bonds is 3. The Morgan fingerprint density at radius 3 is 2.37 bits per heavy atom. The van der Waals surface area contributed by atoms with Crippen molar-refractivity contribution in [2.75, 3.05) is 0 Å². The zero-order valence-electron chi connectivity index (χ0n) is 17.7. The molecule has 0 bridgehead atoms. The highest BCUT2D eigenvalue weighted by atomic mass is 14.9. The van der Waals surface area contributed by atoms with Crippen molar-refractivity contribution >= 4 is 21.9 Å². The van der Waals surface area contributed by atoms with E-state index < -0.39 is 0 Å². The van der Waals surface area contributed by atoms with Crippen molar-refractivity contribution in [3.8, 4) is 0 Å². The van der Waals surface area contributed by atoms with E-state index in [0.717, 1.165) is 6.42 Å². The van der Waals surface area contributed by atoms with Crippen molar-refractivity contribution in [2.45, 2.75) is 48.0 Å². The number of benzene rings is 2. The fourth-order valence-electron chi connectivity index (χ4n) is 4.69. The van der Waals surface area contributed by atoms with Gasteiger partial charge in [0.2, 0.25) is 5.69 Å². The first kappa shape index (κ1) is 18.0. The molecule has 1 aliphatic carbocycles. The average molecular weight is 357 g/mol. The van der Waals surface area contributed by atoms with Crippen LogP contribution in [0.1, 0.15) is 59.8 Å². The molecule has 1 heteroatoms. The molecular weight excluding hydrogens is 326 g/mol. The lowest BCUT2D eigenvalue weighted by molar-refractivity contribution is -0.672. The van der Waals surface area contributed by atoms with E-state index in [-0.39, 0.29) is 0 Å². The molecule has 0 N–H and O–H groups in total. The van der Waals surface area contributed by atoms with Crippen LogP contribution in [-0.2, 0) is 13.5 Å². The maximum Gasteiger partial charge on any atom is 0.221 e. The summed E-state index contributed by atoms with van der Waals surface area (Å²) in [6, 6.07) is 11.8. The van der Waals surface area contributed by atoms with Gasteiger partial charge >= 0.3 is 0 Å². The van der Waals surface area contributed by atoms with E-state index in [9.17, 15) is 0 Å². The lowest BCUT2D eigenvalue weighted by Crippen LogP contribution is -2.32. The molecule has 4 rings (SSSR count). The van der Waals surface area contributed by atoms with Crippen LogP contribution in [-0.4, -0.2) is 0 Å². The number of hydrogen-bond donors (Lipinski definition) is 0. The first-order chi connectivity index (χ1) is 12.8. The first-order valence-corrected chi connectivity index (χ1v) is 10.0. The van der Waals surface area contributed by atoms with Gasteiger partial charge in [0.25, 0.3) is 0 Å². The van der Waals surface area contributed by atoms with E-state index in [1.54, 1.807) is 0 Å². The van der Waals surface area contributed by atoms with Crippen molar-refractivity contribution in [3.05, 3.63) is 75.6 Å². The van der Waals surface area contributed by atoms with Crippen molar-refractivity contribution in [3.63, 3.8) is 0 Å². The summed E-state index contributed by atoms with van der Waals surface area (Å²) >= 11 is 0. The van der Waals surface area contributed by atoms with Gasteiger partial charge in [-0.3, -0.25) is 0 Å². The monoisotopic (exact) mass is 356 g/mol. The van der Waals surface area contributed by atoms with Gasteiger partial charge in [0, 0.05) is 6.07 Å². The summed E-state index contributed by atoms with van der Waals surface area (Å²) in [4.78, 5) is 0.